The first-order chi connectivity index (χ1) is 18.6. The maximum Gasteiger partial charge on any atom is 0.224 e. The Kier molecular flexibility index (Phi) is 10.4. The average molecular weight is 533 g/mol. The molecule has 1 aromatic heterocycles. The standard InChI is InChI=1S/C33H44N2O2S/c1-6-10-13-24(8-3)21-36-32-28-29(31(35-32)27-15-12-20-38-27)33(37-22-25(9-4)14-11-7-2)34-30(28)26-18-16-23(5)17-19-26/h12,15-20,24-25H,6-11,13-14,21-22H2,1-5H3. The van der Waals surface area contributed by atoms with E-state index in [-0.39, 0.29) is 0 Å². The average Bonchev–Trinajstić information content (AvgIpc) is 3.67. The van der Waals surface area contributed by atoms with Crippen molar-refractivity contribution in [3.05, 3.63) is 68.9 Å². The van der Waals surface area contributed by atoms with Crippen LogP contribution in [0.25, 0.3) is 11.4 Å². The number of nitrogens with zero attached hydrogens (tertiary/aromatic N) is 2. The van der Waals surface area contributed by atoms with Crippen LogP contribution in [0.5, 0.6) is 0 Å². The van der Waals surface area contributed by atoms with Gasteiger partial charge in [-0.15, -0.1) is 11.3 Å². The highest BCUT2D eigenvalue weighted by molar-refractivity contribution is 7.11. The first-order valence-electron chi connectivity index (χ1n) is 14.6. The highest BCUT2D eigenvalue weighted by Gasteiger charge is 2.39. The second kappa shape index (κ2) is 13.9. The SMILES string of the molecule is CCCCC(CC)COC1=NC(c2cccs2)=C2C(OCC(CC)CCCC)=NC(c3ccc(C)cc3)=C12. The van der Waals surface area contributed by atoms with Crippen LogP contribution in [0.15, 0.2) is 62.9 Å². The Balaban J connectivity index is 1.70. The number of benzene rings is 1. The predicted molar refractivity (Wildman–Crippen MR) is 163 cm³/mol. The van der Waals surface area contributed by atoms with Gasteiger partial charge in [-0.05, 0) is 43.0 Å². The number of unbranched alkanes of at least 4 members (excludes halogenated alkanes) is 2. The van der Waals surface area contributed by atoms with Crippen LogP contribution in [0.4, 0.5) is 0 Å². The largest absolute Gasteiger partial charge is 0.477 e. The molecule has 0 spiro atoms. The van der Waals surface area contributed by atoms with Crippen molar-refractivity contribution in [2.75, 3.05) is 13.2 Å². The number of ether oxygens (including phenoxy) is 2. The maximum absolute atomic E-state index is 6.55. The molecule has 1 aromatic carbocycles. The van der Waals surface area contributed by atoms with Crippen molar-refractivity contribution in [2.24, 2.45) is 21.8 Å². The van der Waals surface area contributed by atoms with Gasteiger partial charge in [-0.1, -0.05) is 102 Å². The Hall–Kier alpha value is -2.66. The lowest BCUT2D eigenvalue weighted by molar-refractivity contribution is 0.222. The summed E-state index contributed by atoms with van der Waals surface area (Å²) < 4.78 is 13.1. The lowest BCUT2D eigenvalue weighted by atomic mass is 9.99. The fraction of sp³-hybridized carbons (Fsp3) is 0.515. The molecule has 204 valence electrons. The second-order valence-electron chi connectivity index (χ2n) is 10.6. The summed E-state index contributed by atoms with van der Waals surface area (Å²) in [6.07, 6.45) is 9.46. The number of fused-ring (bicyclic) bond motifs is 1. The molecule has 0 saturated heterocycles. The minimum absolute atomic E-state index is 0.525. The minimum Gasteiger partial charge on any atom is -0.477 e. The normalized spacial score (nSPS) is 16.4. The Morgan fingerprint density at radius 3 is 1.79 bits per heavy atom. The molecule has 2 aliphatic heterocycles. The molecule has 0 saturated carbocycles. The van der Waals surface area contributed by atoms with Crippen molar-refractivity contribution in [1.82, 2.24) is 0 Å². The van der Waals surface area contributed by atoms with Gasteiger partial charge in [-0.2, -0.15) is 0 Å². The van der Waals surface area contributed by atoms with E-state index >= 15 is 0 Å². The molecular weight excluding hydrogens is 488 g/mol. The highest BCUT2D eigenvalue weighted by atomic mass is 32.1. The molecule has 3 heterocycles. The summed E-state index contributed by atoms with van der Waals surface area (Å²) in [5.41, 5.74) is 6.11. The second-order valence-corrected chi connectivity index (χ2v) is 11.5. The summed E-state index contributed by atoms with van der Waals surface area (Å²) in [7, 11) is 0. The third kappa shape index (κ3) is 6.66. The van der Waals surface area contributed by atoms with E-state index in [2.05, 4.69) is 76.4 Å². The summed E-state index contributed by atoms with van der Waals surface area (Å²) >= 11 is 1.70. The molecule has 2 atom stereocenters. The summed E-state index contributed by atoms with van der Waals surface area (Å²) in [6.45, 7) is 12.5. The van der Waals surface area contributed by atoms with E-state index in [1.165, 1.54) is 44.1 Å². The molecule has 5 heteroatoms. The van der Waals surface area contributed by atoms with Crippen molar-refractivity contribution in [3.63, 3.8) is 0 Å². The number of aliphatic imine (C=N–C) groups is 2. The number of hydrogen-bond donors (Lipinski definition) is 0. The zero-order chi connectivity index (χ0) is 26.9. The maximum atomic E-state index is 6.55. The van der Waals surface area contributed by atoms with Gasteiger partial charge in [0.15, 0.2) is 0 Å². The van der Waals surface area contributed by atoms with Gasteiger partial charge in [0.1, 0.15) is 0 Å². The summed E-state index contributed by atoms with van der Waals surface area (Å²) in [4.78, 5) is 11.4. The number of thiophene rings is 1. The van der Waals surface area contributed by atoms with Gasteiger partial charge < -0.3 is 9.47 Å². The summed E-state index contributed by atoms with van der Waals surface area (Å²) in [5.74, 6) is 2.43. The molecule has 2 aliphatic rings. The van der Waals surface area contributed by atoms with Crippen LogP contribution >= 0.6 is 11.3 Å². The van der Waals surface area contributed by atoms with Gasteiger partial charge in [0.2, 0.25) is 11.8 Å². The van der Waals surface area contributed by atoms with Gasteiger partial charge >= 0.3 is 0 Å². The smallest absolute Gasteiger partial charge is 0.224 e. The van der Waals surface area contributed by atoms with Crippen molar-refractivity contribution < 1.29 is 9.47 Å². The zero-order valence-corrected chi connectivity index (χ0v) is 24.7. The number of hydrogen-bond acceptors (Lipinski definition) is 5. The number of rotatable bonds is 14. The van der Waals surface area contributed by atoms with Crippen molar-refractivity contribution in [2.45, 2.75) is 86.0 Å². The van der Waals surface area contributed by atoms with E-state index < -0.39 is 0 Å². The molecule has 0 fully saturated rings. The summed E-state index contributed by atoms with van der Waals surface area (Å²) in [6, 6.07) is 12.8. The molecule has 0 radical (unpaired) electrons. The van der Waals surface area contributed by atoms with Crippen molar-refractivity contribution in [3.8, 4) is 0 Å². The summed E-state index contributed by atoms with van der Waals surface area (Å²) in [5, 5.41) is 2.10. The topological polar surface area (TPSA) is 43.2 Å². The Labute approximate surface area is 233 Å². The van der Waals surface area contributed by atoms with Crippen LogP contribution in [0, 0.1) is 18.8 Å². The fourth-order valence-corrected chi connectivity index (χ4v) is 5.71. The van der Waals surface area contributed by atoms with Gasteiger partial charge in [-0.3, -0.25) is 0 Å². The molecule has 4 rings (SSSR count). The van der Waals surface area contributed by atoms with Crippen molar-refractivity contribution in [1.29, 1.82) is 0 Å². The quantitative estimate of drug-likeness (QED) is 0.243. The van der Waals surface area contributed by atoms with E-state index in [0.29, 0.717) is 36.8 Å². The van der Waals surface area contributed by atoms with Crippen LogP contribution in [0.2, 0.25) is 0 Å². The van der Waals surface area contributed by atoms with Gasteiger partial charge in [-0.25, -0.2) is 9.98 Å². The predicted octanol–water partition coefficient (Wildman–Crippen LogP) is 9.47. The number of aryl methyl sites for hydroxylation is 1. The van der Waals surface area contributed by atoms with Crippen LogP contribution in [-0.4, -0.2) is 25.0 Å². The van der Waals surface area contributed by atoms with Crippen LogP contribution < -0.4 is 0 Å². The minimum atomic E-state index is 0.525. The van der Waals surface area contributed by atoms with Gasteiger partial charge in [0.25, 0.3) is 0 Å². The van der Waals surface area contributed by atoms with E-state index in [0.717, 1.165) is 45.8 Å². The highest BCUT2D eigenvalue weighted by Crippen LogP contribution is 2.44. The lowest BCUT2D eigenvalue weighted by Crippen LogP contribution is -2.17. The molecule has 4 nitrogen and oxygen atoms in total. The van der Waals surface area contributed by atoms with Crippen LogP contribution in [0.1, 0.15) is 95.1 Å². The third-order valence-corrected chi connectivity index (χ3v) is 8.53. The van der Waals surface area contributed by atoms with E-state index in [1.807, 2.05) is 0 Å². The molecule has 38 heavy (non-hydrogen) atoms. The first-order valence-corrected chi connectivity index (χ1v) is 15.5. The molecule has 2 unspecified atom stereocenters. The monoisotopic (exact) mass is 532 g/mol. The zero-order valence-electron chi connectivity index (χ0n) is 23.9. The molecule has 2 aromatic rings. The fourth-order valence-electron chi connectivity index (χ4n) is 4.99. The Morgan fingerprint density at radius 1 is 0.737 bits per heavy atom. The van der Waals surface area contributed by atoms with E-state index in [4.69, 9.17) is 19.5 Å². The van der Waals surface area contributed by atoms with E-state index in [9.17, 15) is 0 Å². The Bertz CT molecular complexity index is 1150. The van der Waals surface area contributed by atoms with Crippen LogP contribution in [0.3, 0.4) is 0 Å². The lowest BCUT2D eigenvalue weighted by Gasteiger charge is -2.17. The molecule has 0 amide bonds. The van der Waals surface area contributed by atoms with E-state index in [1.54, 1.807) is 11.3 Å². The molecule has 0 aliphatic carbocycles. The third-order valence-electron chi connectivity index (χ3n) is 7.66. The van der Waals surface area contributed by atoms with Crippen molar-refractivity contribution >= 4 is 34.5 Å². The van der Waals surface area contributed by atoms with Gasteiger partial charge in [0.05, 0.1) is 40.6 Å². The molecule has 0 bridgehead atoms. The Morgan fingerprint density at radius 2 is 1.29 bits per heavy atom. The molecular formula is C33H44N2O2S. The molecule has 0 N–H and O–H groups in total. The van der Waals surface area contributed by atoms with Gasteiger partial charge in [0, 0.05) is 5.56 Å². The first kappa shape index (κ1) is 28.4. The van der Waals surface area contributed by atoms with Crippen LogP contribution in [-0.2, 0) is 9.47 Å².